The van der Waals surface area contributed by atoms with Gasteiger partial charge >= 0.3 is 0 Å². The molecule has 2 aromatic heterocycles. The van der Waals surface area contributed by atoms with Crippen LogP contribution in [0.25, 0.3) is 0 Å². The second kappa shape index (κ2) is 3.81. The quantitative estimate of drug-likeness (QED) is 0.696. The van der Waals surface area contributed by atoms with Crippen LogP contribution in [0, 0.1) is 0 Å². The summed E-state index contributed by atoms with van der Waals surface area (Å²) in [5.41, 5.74) is -0.585. The summed E-state index contributed by atoms with van der Waals surface area (Å²) < 4.78 is 25.6. The lowest BCUT2D eigenvalue weighted by Crippen LogP contribution is -2.21. The van der Waals surface area contributed by atoms with E-state index in [0.29, 0.717) is 0 Å². The van der Waals surface area contributed by atoms with Crippen molar-refractivity contribution in [1.29, 1.82) is 0 Å². The maximum absolute atomic E-state index is 11.7. The first-order chi connectivity index (χ1) is 7.59. The lowest BCUT2D eigenvalue weighted by Gasteiger charge is -2.03. The van der Waals surface area contributed by atoms with Gasteiger partial charge < -0.3 is 9.97 Å². The van der Waals surface area contributed by atoms with E-state index < -0.39 is 15.5 Å². The molecule has 0 fully saturated rings. The molecule has 2 rings (SSSR count). The standard InChI is InChI=1S/C8H8N4O3S/c13-6-1-2-9-5-7(6)16(14,15)12-8-10-3-4-11-8/h1-5H,(H,9,13)(H2,10,11,12). The predicted octanol–water partition coefficient (Wildman–Crippen LogP) is -0.101. The van der Waals surface area contributed by atoms with Gasteiger partial charge in [0.25, 0.3) is 10.0 Å². The van der Waals surface area contributed by atoms with Crippen LogP contribution in [0.4, 0.5) is 5.95 Å². The van der Waals surface area contributed by atoms with Crippen molar-refractivity contribution in [2.24, 2.45) is 0 Å². The number of nitrogens with zero attached hydrogens (tertiary/aromatic N) is 1. The molecule has 2 heterocycles. The third kappa shape index (κ3) is 1.96. The first kappa shape index (κ1) is 10.4. The van der Waals surface area contributed by atoms with Crippen molar-refractivity contribution in [2.45, 2.75) is 4.90 Å². The fourth-order valence-corrected chi connectivity index (χ4v) is 2.15. The summed E-state index contributed by atoms with van der Waals surface area (Å²) in [4.78, 5) is 19.8. The van der Waals surface area contributed by atoms with E-state index in [9.17, 15) is 13.2 Å². The number of nitrogens with one attached hydrogen (secondary N) is 3. The molecule has 0 aliphatic carbocycles. The molecule has 0 saturated heterocycles. The van der Waals surface area contributed by atoms with Crippen LogP contribution in [0.3, 0.4) is 0 Å². The summed E-state index contributed by atoms with van der Waals surface area (Å²) in [6.07, 6.45) is 5.34. The topological polar surface area (TPSA) is 108 Å². The molecule has 3 N–H and O–H groups in total. The van der Waals surface area contributed by atoms with Crippen molar-refractivity contribution in [3.63, 3.8) is 0 Å². The second-order valence-corrected chi connectivity index (χ2v) is 4.57. The number of H-pyrrole nitrogens is 2. The molecule has 2 aromatic rings. The first-order valence-electron chi connectivity index (χ1n) is 4.29. The number of rotatable bonds is 3. The van der Waals surface area contributed by atoms with Gasteiger partial charge in [0.05, 0.1) is 0 Å². The van der Waals surface area contributed by atoms with Gasteiger partial charge in [0, 0.05) is 30.9 Å². The number of pyridine rings is 1. The van der Waals surface area contributed by atoms with E-state index in [4.69, 9.17) is 0 Å². The van der Waals surface area contributed by atoms with Crippen molar-refractivity contribution in [3.8, 4) is 0 Å². The van der Waals surface area contributed by atoms with E-state index in [1.807, 2.05) is 0 Å². The zero-order chi connectivity index (χ0) is 11.6. The molecule has 0 saturated carbocycles. The highest BCUT2D eigenvalue weighted by atomic mass is 32.2. The van der Waals surface area contributed by atoms with Crippen molar-refractivity contribution < 1.29 is 8.42 Å². The van der Waals surface area contributed by atoms with Crippen LogP contribution < -0.4 is 10.2 Å². The van der Waals surface area contributed by atoms with E-state index in [2.05, 4.69) is 19.7 Å². The average molecular weight is 240 g/mol. The molecule has 8 heteroatoms. The Kier molecular flexibility index (Phi) is 2.49. The number of hydrogen-bond acceptors (Lipinski definition) is 4. The van der Waals surface area contributed by atoms with Crippen molar-refractivity contribution in [2.75, 3.05) is 4.72 Å². The van der Waals surface area contributed by atoms with Crippen molar-refractivity contribution >= 4 is 16.0 Å². The minimum Gasteiger partial charge on any atom is -0.366 e. The van der Waals surface area contributed by atoms with E-state index in [1.165, 1.54) is 18.6 Å². The van der Waals surface area contributed by atoms with Crippen LogP contribution in [0.1, 0.15) is 0 Å². The van der Waals surface area contributed by atoms with Gasteiger partial charge in [-0.15, -0.1) is 0 Å². The molecule has 7 nitrogen and oxygen atoms in total. The van der Waals surface area contributed by atoms with Crippen LogP contribution in [-0.2, 0) is 10.0 Å². The Balaban J connectivity index is 2.41. The molecule has 0 unspecified atom stereocenters. The number of imidazole rings is 1. The molecule has 16 heavy (non-hydrogen) atoms. The smallest absolute Gasteiger partial charge is 0.269 e. The molecule has 0 aliphatic rings. The Hall–Kier alpha value is -2.09. The van der Waals surface area contributed by atoms with Crippen LogP contribution in [0.15, 0.2) is 40.5 Å². The highest BCUT2D eigenvalue weighted by molar-refractivity contribution is 7.92. The Morgan fingerprint density at radius 1 is 1.31 bits per heavy atom. The minimum absolute atomic E-state index is 0.0586. The first-order valence-corrected chi connectivity index (χ1v) is 5.77. The summed E-state index contributed by atoms with van der Waals surface area (Å²) in [5.74, 6) is 0.0586. The molecular weight excluding hydrogens is 232 g/mol. The Bertz CT molecular complexity index is 629. The molecule has 0 bridgehead atoms. The molecular formula is C8H8N4O3S. The molecule has 0 amide bonds. The zero-order valence-corrected chi connectivity index (χ0v) is 8.78. The van der Waals surface area contributed by atoms with Gasteiger partial charge in [-0.2, -0.15) is 0 Å². The van der Waals surface area contributed by atoms with Gasteiger partial charge in [-0.3, -0.25) is 4.79 Å². The minimum atomic E-state index is -3.90. The van der Waals surface area contributed by atoms with E-state index in [1.54, 1.807) is 0 Å². The summed E-state index contributed by atoms with van der Waals surface area (Å²) in [6, 6.07) is 1.14. The maximum Gasteiger partial charge on any atom is 0.269 e. The van der Waals surface area contributed by atoms with Crippen LogP contribution in [-0.4, -0.2) is 23.4 Å². The normalized spacial score (nSPS) is 11.2. The number of aromatic nitrogens is 3. The third-order valence-electron chi connectivity index (χ3n) is 1.81. The summed E-state index contributed by atoms with van der Waals surface area (Å²) in [7, 11) is -3.90. The van der Waals surface area contributed by atoms with Gasteiger partial charge in [0.15, 0.2) is 4.90 Å². The van der Waals surface area contributed by atoms with Gasteiger partial charge in [0.1, 0.15) is 0 Å². The largest absolute Gasteiger partial charge is 0.366 e. The Labute approximate surface area is 90.6 Å². The van der Waals surface area contributed by atoms with Crippen LogP contribution in [0.5, 0.6) is 0 Å². The SMILES string of the molecule is O=c1cc[nH]cc1S(=O)(=O)Nc1ncc[nH]1. The Morgan fingerprint density at radius 3 is 2.75 bits per heavy atom. The maximum atomic E-state index is 11.7. The fourth-order valence-electron chi connectivity index (χ4n) is 1.11. The van der Waals surface area contributed by atoms with Crippen molar-refractivity contribution in [3.05, 3.63) is 41.1 Å². The average Bonchev–Trinajstić information content (AvgIpc) is 2.70. The fraction of sp³-hybridized carbons (Fsp3) is 0. The van der Waals surface area contributed by atoms with E-state index in [-0.39, 0.29) is 10.8 Å². The van der Waals surface area contributed by atoms with Gasteiger partial charge in [-0.25, -0.2) is 18.1 Å². The van der Waals surface area contributed by atoms with Crippen molar-refractivity contribution in [1.82, 2.24) is 15.0 Å². The summed E-state index contributed by atoms with van der Waals surface area (Å²) in [5, 5.41) is 0. The van der Waals surface area contributed by atoms with E-state index >= 15 is 0 Å². The Morgan fingerprint density at radius 2 is 2.12 bits per heavy atom. The number of anilines is 1. The number of aromatic amines is 2. The summed E-state index contributed by atoms with van der Waals surface area (Å²) in [6.45, 7) is 0. The van der Waals surface area contributed by atoms with Gasteiger partial charge in [0.2, 0.25) is 11.4 Å². The predicted molar refractivity (Wildman–Crippen MR) is 56.5 cm³/mol. The lowest BCUT2D eigenvalue weighted by molar-refractivity contribution is 0.599. The molecule has 0 atom stereocenters. The molecule has 0 radical (unpaired) electrons. The highest BCUT2D eigenvalue weighted by Crippen LogP contribution is 2.06. The summed E-state index contributed by atoms with van der Waals surface area (Å²) >= 11 is 0. The molecule has 84 valence electrons. The second-order valence-electron chi connectivity index (χ2n) is 2.92. The monoisotopic (exact) mass is 240 g/mol. The van der Waals surface area contributed by atoms with Crippen LogP contribution in [0.2, 0.25) is 0 Å². The van der Waals surface area contributed by atoms with Gasteiger partial charge in [-0.05, 0) is 0 Å². The van der Waals surface area contributed by atoms with Gasteiger partial charge in [-0.1, -0.05) is 0 Å². The van der Waals surface area contributed by atoms with E-state index in [0.717, 1.165) is 12.3 Å². The zero-order valence-electron chi connectivity index (χ0n) is 7.97. The third-order valence-corrected chi connectivity index (χ3v) is 3.17. The number of sulfonamides is 1. The molecule has 0 spiro atoms. The lowest BCUT2D eigenvalue weighted by atomic mass is 10.5. The molecule has 0 aliphatic heterocycles. The number of hydrogen-bond donors (Lipinski definition) is 3. The van der Waals surface area contributed by atoms with Crippen LogP contribution >= 0.6 is 0 Å². The molecule has 0 aromatic carbocycles. The highest BCUT2D eigenvalue weighted by Gasteiger charge is 2.18.